The van der Waals surface area contributed by atoms with Crippen molar-refractivity contribution in [2.24, 2.45) is 11.7 Å². The summed E-state index contributed by atoms with van der Waals surface area (Å²) in [6.07, 6.45) is 0.977. The van der Waals surface area contributed by atoms with E-state index in [2.05, 4.69) is 13.8 Å². The molecule has 0 saturated carbocycles. The van der Waals surface area contributed by atoms with Crippen LogP contribution >= 0.6 is 0 Å². The van der Waals surface area contributed by atoms with Crippen molar-refractivity contribution in [3.63, 3.8) is 0 Å². The fraction of sp³-hybridized carbons (Fsp3) is 0.455. The zero-order valence-electron chi connectivity index (χ0n) is 8.20. The van der Waals surface area contributed by atoms with Crippen LogP contribution in [0, 0.1) is 5.92 Å². The molecule has 1 aromatic rings. The molecule has 0 amide bonds. The molecular formula is C11H17NO. The molecule has 0 aliphatic rings. The van der Waals surface area contributed by atoms with Crippen molar-refractivity contribution in [1.29, 1.82) is 0 Å². The van der Waals surface area contributed by atoms with Gasteiger partial charge in [0.15, 0.2) is 0 Å². The predicted octanol–water partition coefficient (Wildman–Crippen LogP) is 2.44. The highest BCUT2D eigenvalue weighted by atomic mass is 16.3. The standard InChI is InChI=1S/C11H17NO/c1-8(2)7-11(12)9-3-5-10(13)6-4-9/h3-6,8,11,13H,7,12H2,1-2H3/t11-/m1/s1. The molecule has 1 aromatic carbocycles. The summed E-state index contributed by atoms with van der Waals surface area (Å²) in [5.41, 5.74) is 7.05. The van der Waals surface area contributed by atoms with E-state index in [1.807, 2.05) is 12.1 Å². The van der Waals surface area contributed by atoms with E-state index in [9.17, 15) is 0 Å². The van der Waals surface area contributed by atoms with Crippen LogP contribution in [0.2, 0.25) is 0 Å². The Morgan fingerprint density at radius 3 is 2.23 bits per heavy atom. The van der Waals surface area contributed by atoms with E-state index in [4.69, 9.17) is 10.8 Å². The van der Waals surface area contributed by atoms with Crippen molar-refractivity contribution in [3.05, 3.63) is 29.8 Å². The van der Waals surface area contributed by atoms with Crippen molar-refractivity contribution < 1.29 is 5.11 Å². The minimum absolute atomic E-state index is 0.0839. The summed E-state index contributed by atoms with van der Waals surface area (Å²) in [6.45, 7) is 4.31. The lowest BCUT2D eigenvalue weighted by molar-refractivity contribution is 0.473. The van der Waals surface area contributed by atoms with E-state index < -0.39 is 0 Å². The minimum Gasteiger partial charge on any atom is -0.508 e. The van der Waals surface area contributed by atoms with Gasteiger partial charge in [-0.15, -0.1) is 0 Å². The fourth-order valence-electron chi connectivity index (χ4n) is 1.37. The van der Waals surface area contributed by atoms with Gasteiger partial charge < -0.3 is 10.8 Å². The largest absolute Gasteiger partial charge is 0.508 e. The third kappa shape index (κ3) is 3.07. The Balaban J connectivity index is 2.66. The third-order valence-corrected chi connectivity index (χ3v) is 2.05. The van der Waals surface area contributed by atoms with Crippen LogP contribution in [-0.2, 0) is 0 Å². The minimum atomic E-state index is 0.0839. The lowest BCUT2D eigenvalue weighted by atomic mass is 9.98. The summed E-state index contributed by atoms with van der Waals surface area (Å²) in [6, 6.07) is 7.19. The van der Waals surface area contributed by atoms with Gasteiger partial charge in [0.25, 0.3) is 0 Å². The van der Waals surface area contributed by atoms with Crippen LogP contribution in [0.15, 0.2) is 24.3 Å². The SMILES string of the molecule is CC(C)C[C@@H](N)c1ccc(O)cc1. The quantitative estimate of drug-likeness (QED) is 0.748. The second kappa shape index (κ2) is 4.28. The summed E-state index contributed by atoms with van der Waals surface area (Å²) >= 11 is 0. The van der Waals surface area contributed by atoms with E-state index >= 15 is 0 Å². The topological polar surface area (TPSA) is 46.2 Å². The van der Waals surface area contributed by atoms with E-state index in [-0.39, 0.29) is 6.04 Å². The monoisotopic (exact) mass is 179 g/mol. The molecule has 0 fully saturated rings. The molecule has 0 unspecified atom stereocenters. The van der Waals surface area contributed by atoms with Gasteiger partial charge in [0.05, 0.1) is 0 Å². The molecular weight excluding hydrogens is 162 g/mol. The van der Waals surface area contributed by atoms with E-state index in [1.54, 1.807) is 12.1 Å². The Kier molecular flexibility index (Phi) is 3.32. The zero-order chi connectivity index (χ0) is 9.84. The molecule has 0 aliphatic heterocycles. The predicted molar refractivity (Wildman–Crippen MR) is 54.5 cm³/mol. The maximum atomic E-state index is 9.08. The molecule has 1 rings (SSSR count). The second-order valence-corrected chi connectivity index (χ2v) is 3.83. The normalized spacial score (nSPS) is 13.2. The van der Waals surface area contributed by atoms with Gasteiger partial charge in [0, 0.05) is 6.04 Å². The van der Waals surface area contributed by atoms with E-state index in [1.165, 1.54) is 0 Å². The second-order valence-electron chi connectivity index (χ2n) is 3.83. The average molecular weight is 179 g/mol. The molecule has 13 heavy (non-hydrogen) atoms. The summed E-state index contributed by atoms with van der Waals surface area (Å²) in [5, 5.41) is 9.08. The van der Waals surface area contributed by atoms with Crippen LogP contribution in [0.25, 0.3) is 0 Å². The van der Waals surface area contributed by atoms with Crippen LogP contribution in [0.5, 0.6) is 5.75 Å². The van der Waals surface area contributed by atoms with Crippen molar-refractivity contribution >= 4 is 0 Å². The molecule has 3 N–H and O–H groups in total. The highest BCUT2D eigenvalue weighted by molar-refractivity contribution is 5.27. The lowest BCUT2D eigenvalue weighted by Crippen LogP contribution is -2.12. The molecule has 2 nitrogen and oxygen atoms in total. The Bertz CT molecular complexity index is 253. The molecule has 0 saturated heterocycles. The van der Waals surface area contributed by atoms with Gasteiger partial charge in [0.1, 0.15) is 5.75 Å². The van der Waals surface area contributed by atoms with Gasteiger partial charge in [-0.2, -0.15) is 0 Å². The van der Waals surface area contributed by atoms with Gasteiger partial charge >= 0.3 is 0 Å². The molecule has 0 spiro atoms. The summed E-state index contributed by atoms with van der Waals surface area (Å²) in [5.74, 6) is 0.893. The molecule has 0 bridgehead atoms. The average Bonchev–Trinajstić information content (AvgIpc) is 2.04. The van der Waals surface area contributed by atoms with Crippen molar-refractivity contribution in [1.82, 2.24) is 0 Å². The first kappa shape index (κ1) is 10.1. The Morgan fingerprint density at radius 1 is 1.23 bits per heavy atom. The fourth-order valence-corrected chi connectivity index (χ4v) is 1.37. The summed E-state index contributed by atoms with van der Waals surface area (Å²) < 4.78 is 0. The first-order valence-electron chi connectivity index (χ1n) is 4.64. The van der Waals surface area contributed by atoms with Crippen molar-refractivity contribution in [2.75, 3.05) is 0 Å². The molecule has 1 atom stereocenters. The van der Waals surface area contributed by atoms with Crippen LogP contribution in [0.3, 0.4) is 0 Å². The number of phenols is 1. The highest BCUT2D eigenvalue weighted by Gasteiger charge is 2.07. The van der Waals surface area contributed by atoms with Gasteiger partial charge in [-0.1, -0.05) is 26.0 Å². The highest BCUT2D eigenvalue weighted by Crippen LogP contribution is 2.20. The van der Waals surface area contributed by atoms with Gasteiger partial charge in [-0.25, -0.2) is 0 Å². The molecule has 2 heteroatoms. The van der Waals surface area contributed by atoms with E-state index in [0.29, 0.717) is 11.7 Å². The first-order chi connectivity index (χ1) is 6.09. The maximum absolute atomic E-state index is 9.08. The Hall–Kier alpha value is -1.02. The maximum Gasteiger partial charge on any atom is 0.115 e. The number of hydrogen-bond acceptors (Lipinski definition) is 2. The Morgan fingerprint density at radius 2 is 1.77 bits per heavy atom. The zero-order valence-corrected chi connectivity index (χ0v) is 8.20. The number of hydrogen-bond donors (Lipinski definition) is 2. The van der Waals surface area contributed by atoms with Gasteiger partial charge in [-0.3, -0.25) is 0 Å². The summed E-state index contributed by atoms with van der Waals surface area (Å²) in [4.78, 5) is 0. The molecule has 72 valence electrons. The number of aromatic hydroxyl groups is 1. The number of benzene rings is 1. The smallest absolute Gasteiger partial charge is 0.115 e. The lowest BCUT2D eigenvalue weighted by Gasteiger charge is -2.14. The van der Waals surface area contributed by atoms with Crippen LogP contribution in [-0.4, -0.2) is 5.11 Å². The van der Waals surface area contributed by atoms with Gasteiger partial charge in [0.2, 0.25) is 0 Å². The first-order valence-corrected chi connectivity index (χ1v) is 4.64. The van der Waals surface area contributed by atoms with Crippen molar-refractivity contribution in [3.8, 4) is 5.75 Å². The Labute approximate surface area is 79.4 Å². The van der Waals surface area contributed by atoms with E-state index in [0.717, 1.165) is 12.0 Å². The number of rotatable bonds is 3. The van der Waals surface area contributed by atoms with Gasteiger partial charge in [-0.05, 0) is 30.0 Å². The molecule has 0 aromatic heterocycles. The molecule has 0 radical (unpaired) electrons. The molecule has 0 aliphatic carbocycles. The number of nitrogens with two attached hydrogens (primary N) is 1. The third-order valence-electron chi connectivity index (χ3n) is 2.05. The number of phenolic OH excluding ortho intramolecular Hbond substituents is 1. The molecule has 0 heterocycles. The van der Waals surface area contributed by atoms with Crippen LogP contribution in [0.1, 0.15) is 31.9 Å². The van der Waals surface area contributed by atoms with Crippen LogP contribution < -0.4 is 5.73 Å². The van der Waals surface area contributed by atoms with Crippen LogP contribution in [0.4, 0.5) is 0 Å². The van der Waals surface area contributed by atoms with Crippen molar-refractivity contribution in [2.45, 2.75) is 26.3 Å². The summed E-state index contributed by atoms with van der Waals surface area (Å²) in [7, 11) is 0.